The number of sulfonamides is 1. The molecule has 0 aromatic heterocycles. The molecule has 3 atom stereocenters. The van der Waals surface area contributed by atoms with Gasteiger partial charge in [0.25, 0.3) is 0 Å². The molecule has 21 heavy (non-hydrogen) atoms. The van der Waals surface area contributed by atoms with Gasteiger partial charge in [-0.25, -0.2) is 8.42 Å². The number of fused-ring (bicyclic) bond motifs is 2. The number of nitrogens with zero attached hydrogens (tertiary/aromatic N) is 1. The Bertz CT molecular complexity index is 436. The van der Waals surface area contributed by atoms with Crippen molar-refractivity contribution in [3.8, 4) is 0 Å². The molecule has 5 nitrogen and oxygen atoms in total. The van der Waals surface area contributed by atoms with Gasteiger partial charge in [0.1, 0.15) is 0 Å². The maximum atomic E-state index is 12.8. The predicted octanol–water partition coefficient (Wildman–Crippen LogP) is 1.49. The van der Waals surface area contributed by atoms with Gasteiger partial charge in [0.05, 0.1) is 11.9 Å². The Labute approximate surface area is 128 Å². The summed E-state index contributed by atoms with van der Waals surface area (Å²) in [4.78, 5) is 0. The van der Waals surface area contributed by atoms with Crippen LogP contribution in [0.2, 0.25) is 0 Å². The molecule has 122 valence electrons. The normalized spacial score (nSPS) is 36.5. The molecule has 0 saturated carbocycles. The van der Waals surface area contributed by atoms with E-state index in [4.69, 9.17) is 4.74 Å². The van der Waals surface area contributed by atoms with Crippen LogP contribution in [0, 0.1) is 0 Å². The summed E-state index contributed by atoms with van der Waals surface area (Å²) in [6.45, 7) is 3.43. The number of piperidine rings is 1. The average Bonchev–Trinajstić information content (AvgIpc) is 3.05. The molecule has 3 rings (SSSR count). The molecular weight excluding hydrogens is 288 g/mol. The molecule has 0 radical (unpaired) electrons. The fraction of sp³-hybridized carbons (Fsp3) is 1.00. The summed E-state index contributed by atoms with van der Waals surface area (Å²) < 4.78 is 33.0. The highest BCUT2D eigenvalue weighted by Crippen LogP contribution is 2.31. The molecule has 0 amide bonds. The van der Waals surface area contributed by atoms with E-state index in [1.54, 1.807) is 4.31 Å². The van der Waals surface area contributed by atoms with E-state index in [2.05, 4.69) is 12.2 Å². The summed E-state index contributed by atoms with van der Waals surface area (Å²) in [6.07, 6.45) is 7.02. The van der Waals surface area contributed by atoms with Crippen molar-refractivity contribution in [1.82, 2.24) is 9.62 Å². The lowest BCUT2D eigenvalue weighted by atomic mass is 10.00. The molecule has 3 saturated heterocycles. The van der Waals surface area contributed by atoms with Gasteiger partial charge in [-0.3, -0.25) is 0 Å². The number of hydrogen-bond acceptors (Lipinski definition) is 4. The van der Waals surface area contributed by atoms with Crippen LogP contribution in [-0.2, 0) is 14.8 Å². The van der Waals surface area contributed by atoms with E-state index in [9.17, 15) is 8.42 Å². The number of nitrogens with one attached hydrogen (secondary N) is 1. The standard InChI is InChI=1S/C15H28N2O3S/c1-2-7-17(14-9-12-5-6-13(10-14)16-12)21(18,19)11-15-4-3-8-20-15/h12-16H,2-11H2,1H3. The van der Waals surface area contributed by atoms with Crippen molar-refractivity contribution in [1.29, 1.82) is 0 Å². The minimum Gasteiger partial charge on any atom is -0.377 e. The highest BCUT2D eigenvalue weighted by Gasteiger charge is 2.40. The van der Waals surface area contributed by atoms with Crippen LogP contribution in [0.3, 0.4) is 0 Å². The first-order valence-electron chi connectivity index (χ1n) is 8.45. The Morgan fingerprint density at radius 2 is 1.90 bits per heavy atom. The van der Waals surface area contributed by atoms with Gasteiger partial charge in [0.15, 0.2) is 0 Å². The minimum absolute atomic E-state index is 0.0900. The van der Waals surface area contributed by atoms with Crippen molar-refractivity contribution in [2.24, 2.45) is 0 Å². The van der Waals surface area contributed by atoms with Gasteiger partial charge in [-0.2, -0.15) is 4.31 Å². The van der Waals surface area contributed by atoms with Gasteiger partial charge in [0, 0.05) is 31.3 Å². The van der Waals surface area contributed by atoms with Crippen molar-refractivity contribution in [2.75, 3.05) is 18.9 Å². The van der Waals surface area contributed by atoms with E-state index >= 15 is 0 Å². The second-order valence-corrected chi connectivity index (χ2v) is 8.75. The van der Waals surface area contributed by atoms with Crippen LogP contribution < -0.4 is 5.32 Å². The Morgan fingerprint density at radius 1 is 1.19 bits per heavy atom. The lowest BCUT2D eigenvalue weighted by Gasteiger charge is -2.37. The van der Waals surface area contributed by atoms with E-state index in [-0.39, 0.29) is 17.9 Å². The highest BCUT2D eigenvalue weighted by molar-refractivity contribution is 7.89. The van der Waals surface area contributed by atoms with Crippen LogP contribution in [-0.4, -0.2) is 55.9 Å². The SMILES string of the molecule is CCCN(C1CC2CCC(C1)N2)S(=O)(=O)CC1CCCO1. The third-order valence-electron chi connectivity index (χ3n) is 5.08. The fourth-order valence-corrected chi connectivity index (χ4v) is 6.15. The fourth-order valence-electron chi connectivity index (χ4n) is 4.14. The molecule has 6 heteroatoms. The van der Waals surface area contributed by atoms with E-state index in [1.165, 1.54) is 12.8 Å². The largest absolute Gasteiger partial charge is 0.377 e. The second-order valence-electron chi connectivity index (χ2n) is 6.79. The number of ether oxygens (including phenoxy) is 1. The summed E-state index contributed by atoms with van der Waals surface area (Å²) in [5.41, 5.74) is 0. The van der Waals surface area contributed by atoms with Crippen molar-refractivity contribution in [3.05, 3.63) is 0 Å². The van der Waals surface area contributed by atoms with Gasteiger partial charge in [-0.1, -0.05) is 6.92 Å². The zero-order valence-corrected chi connectivity index (χ0v) is 13.8. The van der Waals surface area contributed by atoms with E-state index in [0.717, 1.165) is 32.1 Å². The van der Waals surface area contributed by atoms with E-state index in [1.807, 2.05) is 0 Å². The minimum atomic E-state index is -3.21. The molecule has 0 spiro atoms. The number of rotatable bonds is 6. The van der Waals surface area contributed by atoms with Crippen LogP contribution in [0.15, 0.2) is 0 Å². The smallest absolute Gasteiger partial charge is 0.216 e. The molecule has 1 N–H and O–H groups in total. The number of hydrogen-bond donors (Lipinski definition) is 1. The van der Waals surface area contributed by atoms with E-state index < -0.39 is 10.0 Å². The van der Waals surface area contributed by atoms with Crippen molar-refractivity contribution in [3.63, 3.8) is 0 Å². The molecule has 0 aliphatic carbocycles. The van der Waals surface area contributed by atoms with Gasteiger partial charge < -0.3 is 10.1 Å². The van der Waals surface area contributed by atoms with Crippen LogP contribution in [0.5, 0.6) is 0 Å². The quantitative estimate of drug-likeness (QED) is 0.806. The predicted molar refractivity (Wildman–Crippen MR) is 82.7 cm³/mol. The van der Waals surface area contributed by atoms with E-state index in [0.29, 0.717) is 25.2 Å². The molecule has 0 aromatic rings. The van der Waals surface area contributed by atoms with Crippen LogP contribution in [0.4, 0.5) is 0 Å². The van der Waals surface area contributed by atoms with Gasteiger partial charge >= 0.3 is 0 Å². The highest BCUT2D eigenvalue weighted by atomic mass is 32.2. The lowest BCUT2D eigenvalue weighted by Crippen LogP contribution is -2.51. The molecule has 3 unspecified atom stereocenters. The molecule has 0 aromatic carbocycles. The maximum absolute atomic E-state index is 12.8. The van der Waals surface area contributed by atoms with Crippen LogP contribution in [0.1, 0.15) is 51.9 Å². The first kappa shape index (κ1) is 15.7. The Kier molecular flexibility index (Phi) is 4.88. The summed E-state index contributed by atoms with van der Waals surface area (Å²) in [6, 6.07) is 1.23. The topological polar surface area (TPSA) is 58.6 Å². The molecule has 3 heterocycles. The Balaban J connectivity index is 1.70. The Morgan fingerprint density at radius 3 is 2.48 bits per heavy atom. The third kappa shape index (κ3) is 3.60. The van der Waals surface area contributed by atoms with Gasteiger partial charge in [0.2, 0.25) is 10.0 Å². The zero-order chi connectivity index (χ0) is 14.9. The van der Waals surface area contributed by atoms with Crippen LogP contribution in [0.25, 0.3) is 0 Å². The summed E-state index contributed by atoms with van der Waals surface area (Å²) in [7, 11) is -3.21. The van der Waals surface area contributed by atoms with Crippen LogP contribution >= 0.6 is 0 Å². The van der Waals surface area contributed by atoms with Crippen molar-refractivity contribution in [2.45, 2.75) is 76.1 Å². The zero-order valence-electron chi connectivity index (χ0n) is 13.0. The lowest BCUT2D eigenvalue weighted by molar-refractivity contribution is 0.125. The monoisotopic (exact) mass is 316 g/mol. The van der Waals surface area contributed by atoms with Crippen molar-refractivity contribution < 1.29 is 13.2 Å². The molecular formula is C15H28N2O3S. The van der Waals surface area contributed by atoms with Crippen molar-refractivity contribution >= 4 is 10.0 Å². The molecule has 2 bridgehead atoms. The molecule has 3 fully saturated rings. The molecule has 3 aliphatic rings. The maximum Gasteiger partial charge on any atom is 0.216 e. The van der Waals surface area contributed by atoms with Gasteiger partial charge in [-0.15, -0.1) is 0 Å². The Hall–Kier alpha value is -0.170. The first-order valence-corrected chi connectivity index (χ1v) is 10.1. The summed E-state index contributed by atoms with van der Waals surface area (Å²) in [5.74, 6) is 0.173. The second kappa shape index (κ2) is 6.52. The van der Waals surface area contributed by atoms with Gasteiger partial charge in [-0.05, 0) is 44.9 Å². The summed E-state index contributed by atoms with van der Waals surface area (Å²) in [5, 5.41) is 3.60. The third-order valence-corrected chi connectivity index (χ3v) is 7.07. The molecule has 3 aliphatic heterocycles. The average molecular weight is 316 g/mol. The first-order chi connectivity index (χ1) is 10.1. The summed E-state index contributed by atoms with van der Waals surface area (Å²) >= 11 is 0.